The molecule has 0 saturated carbocycles. The van der Waals surface area contributed by atoms with Crippen molar-refractivity contribution >= 4 is 16.9 Å². The van der Waals surface area contributed by atoms with Gasteiger partial charge in [-0.25, -0.2) is 9.97 Å². The van der Waals surface area contributed by atoms with E-state index in [0.717, 1.165) is 30.3 Å². The second kappa shape index (κ2) is 7.81. The van der Waals surface area contributed by atoms with E-state index in [9.17, 15) is 0 Å². The summed E-state index contributed by atoms with van der Waals surface area (Å²) in [4.78, 5) is 12.5. The van der Waals surface area contributed by atoms with Crippen LogP contribution < -0.4 is 4.90 Å². The van der Waals surface area contributed by atoms with Gasteiger partial charge in [0.05, 0.1) is 11.1 Å². The number of anilines is 1. The summed E-state index contributed by atoms with van der Waals surface area (Å²) in [6.07, 6.45) is 5.95. The molecular formula is C25H34N4. The van der Waals surface area contributed by atoms with Gasteiger partial charge < -0.3 is 4.90 Å². The lowest BCUT2D eigenvalue weighted by Crippen LogP contribution is -2.39. The van der Waals surface area contributed by atoms with E-state index in [1.165, 1.54) is 59.1 Å². The van der Waals surface area contributed by atoms with E-state index in [1.807, 2.05) is 6.92 Å². The van der Waals surface area contributed by atoms with Gasteiger partial charge in [0.15, 0.2) is 5.65 Å². The average Bonchev–Trinajstić information content (AvgIpc) is 2.95. The second-order valence-electron chi connectivity index (χ2n) is 8.66. The molecule has 0 N–H and O–H groups in total. The van der Waals surface area contributed by atoms with E-state index in [-0.39, 0.29) is 0 Å². The Bertz CT molecular complexity index is 1040. The van der Waals surface area contributed by atoms with E-state index in [4.69, 9.17) is 9.97 Å². The van der Waals surface area contributed by atoms with Crippen LogP contribution in [0.4, 0.5) is 5.82 Å². The third-order valence-electron chi connectivity index (χ3n) is 6.42. The van der Waals surface area contributed by atoms with Crippen LogP contribution in [0.3, 0.4) is 0 Å². The van der Waals surface area contributed by atoms with Crippen molar-refractivity contribution in [2.75, 3.05) is 11.4 Å². The van der Waals surface area contributed by atoms with Crippen LogP contribution in [-0.2, 0) is 6.42 Å². The van der Waals surface area contributed by atoms with Gasteiger partial charge in [0, 0.05) is 18.3 Å². The molecule has 0 fully saturated rings. The molecule has 0 radical (unpaired) electrons. The van der Waals surface area contributed by atoms with Crippen LogP contribution in [0.25, 0.3) is 16.7 Å². The second-order valence-corrected chi connectivity index (χ2v) is 8.66. The number of hydrogen-bond acceptors (Lipinski definition) is 3. The van der Waals surface area contributed by atoms with Gasteiger partial charge in [-0.2, -0.15) is 0 Å². The summed E-state index contributed by atoms with van der Waals surface area (Å²) < 4.78 is 2.37. The minimum absolute atomic E-state index is 0.570. The summed E-state index contributed by atoms with van der Waals surface area (Å²) in [6, 6.07) is 7.28. The van der Waals surface area contributed by atoms with Crippen molar-refractivity contribution < 1.29 is 0 Å². The summed E-state index contributed by atoms with van der Waals surface area (Å²) in [6.45, 7) is 14.3. The maximum Gasteiger partial charge on any atom is 0.150 e. The van der Waals surface area contributed by atoms with Crippen molar-refractivity contribution in [3.05, 3.63) is 46.4 Å². The number of aromatic nitrogens is 3. The van der Waals surface area contributed by atoms with E-state index in [0.29, 0.717) is 6.04 Å². The predicted molar refractivity (Wildman–Crippen MR) is 122 cm³/mol. The minimum Gasteiger partial charge on any atom is -0.353 e. The van der Waals surface area contributed by atoms with Crippen LogP contribution in [0.5, 0.6) is 0 Å². The maximum absolute atomic E-state index is 4.98. The molecule has 4 heteroatoms. The summed E-state index contributed by atoms with van der Waals surface area (Å²) in [5.74, 6) is 2.02. The van der Waals surface area contributed by atoms with Crippen LogP contribution in [0.2, 0.25) is 0 Å². The van der Waals surface area contributed by atoms with Gasteiger partial charge in [-0.3, -0.25) is 4.57 Å². The molecule has 29 heavy (non-hydrogen) atoms. The highest BCUT2D eigenvalue weighted by Gasteiger charge is 2.31. The summed E-state index contributed by atoms with van der Waals surface area (Å²) in [7, 11) is 0. The highest BCUT2D eigenvalue weighted by Crippen LogP contribution is 2.39. The normalized spacial score (nSPS) is 13.7. The summed E-state index contributed by atoms with van der Waals surface area (Å²) >= 11 is 0. The van der Waals surface area contributed by atoms with Crippen molar-refractivity contribution in [2.24, 2.45) is 0 Å². The zero-order chi connectivity index (χ0) is 20.7. The van der Waals surface area contributed by atoms with Crippen molar-refractivity contribution in [3.8, 4) is 5.69 Å². The van der Waals surface area contributed by atoms with Gasteiger partial charge in [-0.1, -0.05) is 44.4 Å². The molecule has 0 spiro atoms. The highest BCUT2D eigenvalue weighted by atomic mass is 15.2. The highest BCUT2D eigenvalue weighted by molar-refractivity contribution is 5.95. The third-order valence-corrected chi connectivity index (χ3v) is 6.42. The van der Waals surface area contributed by atoms with Gasteiger partial charge in [0.25, 0.3) is 0 Å². The first-order valence-electron chi connectivity index (χ1n) is 11.2. The Hall–Kier alpha value is -2.36. The topological polar surface area (TPSA) is 34.0 Å². The Kier molecular flexibility index (Phi) is 5.37. The van der Waals surface area contributed by atoms with E-state index >= 15 is 0 Å². The van der Waals surface area contributed by atoms with Gasteiger partial charge >= 0.3 is 0 Å². The smallest absolute Gasteiger partial charge is 0.150 e. The number of rotatable bonds is 6. The van der Waals surface area contributed by atoms with Crippen LogP contribution >= 0.6 is 0 Å². The molecule has 0 saturated heterocycles. The van der Waals surface area contributed by atoms with E-state index in [1.54, 1.807) is 0 Å². The molecule has 154 valence electrons. The fraction of sp³-hybridized carbons (Fsp3) is 0.520. The molecule has 2 aromatic heterocycles. The first kappa shape index (κ1) is 19.9. The molecular weight excluding hydrogens is 356 g/mol. The van der Waals surface area contributed by atoms with Crippen molar-refractivity contribution in [1.82, 2.24) is 14.5 Å². The van der Waals surface area contributed by atoms with Gasteiger partial charge in [-0.05, 0) is 64.2 Å². The molecule has 1 aromatic carbocycles. The van der Waals surface area contributed by atoms with E-state index in [2.05, 4.69) is 62.3 Å². The molecule has 0 amide bonds. The SMILES string of the molecule is CCCC(CCC)N1CCc2c(C)n(-c3ccc(C)cc3C)c3nc(C)nc1c23. The Balaban J connectivity index is 1.96. The Morgan fingerprint density at radius 2 is 1.72 bits per heavy atom. The molecule has 0 bridgehead atoms. The van der Waals surface area contributed by atoms with Gasteiger partial charge in [0.1, 0.15) is 11.6 Å². The average molecular weight is 391 g/mol. The quantitative estimate of drug-likeness (QED) is 0.519. The Morgan fingerprint density at radius 3 is 2.38 bits per heavy atom. The van der Waals surface area contributed by atoms with Gasteiger partial charge in [-0.15, -0.1) is 0 Å². The Labute approximate surface area is 175 Å². The minimum atomic E-state index is 0.570. The fourth-order valence-corrected chi connectivity index (χ4v) is 5.13. The predicted octanol–water partition coefficient (Wildman–Crippen LogP) is 5.99. The molecule has 0 atom stereocenters. The fourth-order valence-electron chi connectivity index (χ4n) is 5.13. The monoisotopic (exact) mass is 390 g/mol. The van der Waals surface area contributed by atoms with E-state index < -0.39 is 0 Å². The molecule has 1 aliphatic rings. The number of aryl methyl sites for hydroxylation is 3. The maximum atomic E-state index is 4.98. The number of benzene rings is 1. The third kappa shape index (κ3) is 3.33. The van der Waals surface area contributed by atoms with Crippen molar-refractivity contribution in [1.29, 1.82) is 0 Å². The molecule has 4 rings (SSSR count). The van der Waals surface area contributed by atoms with Crippen LogP contribution in [-0.4, -0.2) is 27.1 Å². The first-order chi connectivity index (χ1) is 14.0. The molecule has 3 aromatic rings. The zero-order valence-corrected chi connectivity index (χ0v) is 18.8. The summed E-state index contributed by atoms with van der Waals surface area (Å²) in [5.41, 5.74) is 7.64. The molecule has 4 nitrogen and oxygen atoms in total. The first-order valence-corrected chi connectivity index (χ1v) is 11.2. The van der Waals surface area contributed by atoms with Crippen LogP contribution in [0, 0.1) is 27.7 Å². The molecule has 3 heterocycles. The van der Waals surface area contributed by atoms with Crippen molar-refractivity contribution in [3.63, 3.8) is 0 Å². The lowest BCUT2D eigenvalue weighted by Gasteiger charge is -2.36. The lowest BCUT2D eigenvalue weighted by atomic mass is 9.99. The zero-order valence-electron chi connectivity index (χ0n) is 18.8. The molecule has 0 aliphatic carbocycles. The number of hydrogen-bond donors (Lipinski definition) is 0. The van der Waals surface area contributed by atoms with Gasteiger partial charge in [0.2, 0.25) is 0 Å². The number of nitrogens with zero attached hydrogens (tertiary/aromatic N) is 4. The van der Waals surface area contributed by atoms with Crippen molar-refractivity contribution in [2.45, 2.75) is 79.7 Å². The van der Waals surface area contributed by atoms with Crippen LogP contribution in [0.15, 0.2) is 18.2 Å². The largest absolute Gasteiger partial charge is 0.353 e. The standard InChI is InChI=1S/C25H34N4/c1-7-9-20(10-8-2)28-14-13-21-18(5)29(22-12-11-16(3)15-17(22)4)25-23(21)24(28)26-19(6)27-25/h11-12,15,20H,7-10,13-14H2,1-6H3. The molecule has 0 unspecified atom stereocenters. The lowest BCUT2D eigenvalue weighted by molar-refractivity contribution is 0.498. The molecule has 1 aliphatic heterocycles. The Morgan fingerprint density at radius 1 is 1.00 bits per heavy atom. The summed E-state index contributed by atoms with van der Waals surface area (Å²) in [5, 5.41) is 1.27. The van der Waals surface area contributed by atoms with Crippen LogP contribution in [0.1, 0.15) is 67.7 Å².